The molecule has 4 rings (SSSR count). The number of aromatic amines is 1. The van der Waals surface area contributed by atoms with Crippen LogP contribution in [0.15, 0.2) is 27.9 Å². The predicted octanol–water partition coefficient (Wildman–Crippen LogP) is 2.83. The van der Waals surface area contributed by atoms with Crippen molar-refractivity contribution in [2.24, 2.45) is 7.05 Å². The fourth-order valence-corrected chi connectivity index (χ4v) is 5.02. The summed E-state index contributed by atoms with van der Waals surface area (Å²) in [6, 6.07) is 2.94. The van der Waals surface area contributed by atoms with Crippen LogP contribution in [0.5, 0.6) is 5.75 Å². The van der Waals surface area contributed by atoms with E-state index in [4.69, 9.17) is 13.0 Å². The molecule has 1 aliphatic rings. The van der Waals surface area contributed by atoms with Crippen molar-refractivity contribution in [3.63, 3.8) is 0 Å². The molecule has 1 unspecified atom stereocenters. The minimum atomic E-state index is -4.62. The second kappa shape index (κ2) is 11.1. The zero-order chi connectivity index (χ0) is 31.3. The Bertz CT molecular complexity index is 1640. The highest BCUT2D eigenvalue weighted by Crippen LogP contribution is 2.31. The SMILES string of the molecule is [2H]C([2H])(C)Cc1nn(C)c2c(=O)[nH]c(-c3cc(S(=O)(=O)NC([2H])([2H])C([2H])([2H])C4CCCN4C)ccc3OCCC)nc12. The Hall–Kier alpha value is -2.76. The van der Waals surface area contributed by atoms with Gasteiger partial charge in [-0.3, -0.25) is 9.48 Å². The van der Waals surface area contributed by atoms with E-state index < -0.39 is 40.9 Å². The molecule has 2 aromatic heterocycles. The summed E-state index contributed by atoms with van der Waals surface area (Å²) >= 11 is 0. The van der Waals surface area contributed by atoms with Crippen LogP contribution < -0.4 is 15.0 Å². The lowest BCUT2D eigenvalue weighted by Crippen LogP contribution is -2.31. The molecule has 0 saturated carbocycles. The zero-order valence-corrected chi connectivity index (χ0v) is 21.7. The number of nitrogens with zero attached hydrogens (tertiary/aromatic N) is 4. The van der Waals surface area contributed by atoms with Crippen LogP contribution in [0.3, 0.4) is 0 Å². The number of H-pyrrole nitrogens is 1. The van der Waals surface area contributed by atoms with E-state index >= 15 is 0 Å². The number of rotatable bonds is 11. The van der Waals surface area contributed by atoms with Crippen LogP contribution in [0.4, 0.5) is 0 Å². The summed E-state index contributed by atoms with van der Waals surface area (Å²) in [6.07, 6.45) is -2.62. The molecule has 1 aromatic carbocycles. The Kier molecular flexibility index (Phi) is 5.97. The summed E-state index contributed by atoms with van der Waals surface area (Å²) < 4.78 is 85.7. The van der Waals surface area contributed by atoms with E-state index in [0.29, 0.717) is 25.8 Å². The highest BCUT2D eigenvalue weighted by Gasteiger charge is 2.23. The maximum atomic E-state index is 13.5. The van der Waals surface area contributed by atoms with Crippen LogP contribution in [0.1, 0.15) is 59.8 Å². The van der Waals surface area contributed by atoms with Crippen LogP contribution >= 0.6 is 0 Å². The lowest BCUT2D eigenvalue weighted by molar-refractivity contribution is 0.297. The van der Waals surface area contributed by atoms with Crippen LogP contribution in [0.25, 0.3) is 22.4 Å². The average Bonchev–Trinajstić information content (AvgIpc) is 3.44. The fourth-order valence-electron chi connectivity index (χ4n) is 4.19. The topological polar surface area (TPSA) is 122 Å². The van der Waals surface area contributed by atoms with Crippen molar-refractivity contribution in [3.05, 3.63) is 34.2 Å². The van der Waals surface area contributed by atoms with Crippen molar-refractivity contribution in [3.8, 4) is 17.1 Å². The molecule has 3 heterocycles. The number of hydrogen-bond donors (Lipinski definition) is 2. The van der Waals surface area contributed by atoms with Gasteiger partial charge in [-0.2, -0.15) is 5.10 Å². The molecule has 2 N–H and O–H groups in total. The number of hydrogen-bond acceptors (Lipinski definition) is 7. The molecule has 196 valence electrons. The number of likely N-dealkylation sites (tertiary alicyclic amines) is 1. The first-order valence-electron chi connectivity index (χ1n) is 14.9. The van der Waals surface area contributed by atoms with E-state index in [9.17, 15) is 13.2 Å². The summed E-state index contributed by atoms with van der Waals surface area (Å²) in [7, 11) is -1.41. The van der Waals surface area contributed by atoms with Gasteiger partial charge in [0.2, 0.25) is 10.0 Å². The lowest BCUT2D eigenvalue weighted by atomic mass is 10.1. The van der Waals surface area contributed by atoms with E-state index in [1.54, 1.807) is 11.9 Å². The third kappa shape index (κ3) is 5.47. The minimum Gasteiger partial charge on any atom is -0.493 e. The van der Waals surface area contributed by atoms with Crippen molar-refractivity contribution in [1.29, 1.82) is 0 Å². The van der Waals surface area contributed by atoms with Gasteiger partial charge in [-0.1, -0.05) is 20.2 Å². The lowest BCUT2D eigenvalue weighted by Gasteiger charge is -2.19. The summed E-state index contributed by atoms with van der Waals surface area (Å²) in [5.74, 6) is 0.160. The zero-order valence-electron chi connectivity index (χ0n) is 26.9. The summed E-state index contributed by atoms with van der Waals surface area (Å²) in [6.45, 7) is 1.16. The Morgan fingerprint density at radius 2 is 2.11 bits per heavy atom. The molecule has 36 heavy (non-hydrogen) atoms. The maximum absolute atomic E-state index is 13.5. The molecular formula is C25H36N6O4S. The van der Waals surface area contributed by atoms with Crippen molar-refractivity contribution >= 4 is 21.1 Å². The van der Waals surface area contributed by atoms with Gasteiger partial charge in [0, 0.05) is 27.8 Å². The van der Waals surface area contributed by atoms with E-state index in [0.717, 1.165) is 0 Å². The maximum Gasteiger partial charge on any atom is 0.277 e. The Labute approximate surface area is 220 Å². The van der Waals surface area contributed by atoms with Gasteiger partial charge in [-0.05, 0) is 63.8 Å². The van der Waals surface area contributed by atoms with E-state index in [2.05, 4.69) is 15.1 Å². The average molecular weight is 523 g/mol. The first kappa shape index (κ1) is 19.4. The molecule has 10 nitrogen and oxygen atoms in total. The van der Waals surface area contributed by atoms with Crippen molar-refractivity contribution in [2.75, 3.05) is 26.7 Å². The van der Waals surface area contributed by atoms with Gasteiger partial charge in [0.05, 0.1) is 22.8 Å². The number of aromatic nitrogens is 4. The third-order valence-corrected chi connectivity index (χ3v) is 7.27. The molecule has 0 amide bonds. The van der Waals surface area contributed by atoms with Crippen LogP contribution in [0.2, 0.25) is 0 Å². The number of aryl methyl sites for hydroxylation is 2. The van der Waals surface area contributed by atoms with Gasteiger partial charge in [-0.15, -0.1) is 0 Å². The van der Waals surface area contributed by atoms with Crippen LogP contribution in [0, 0.1) is 0 Å². The quantitative estimate of drug-likeness (QED) is 0.397. The number of benzene rings is 1. The smallest absolute Gasteiger partial charge is 0.277 e. The third-order valence-electron chi connectivity index (χ3n) is 6.03. The van der Waals surface area contributed by atoms with E-state index in [-0.39, 0.29) is 51.8 Å². The van der Waals surface area contributed by atoms with Crippen molar-refractivity contribution in [2.45, 2.75) is 63.2 Å². The van der Waals surface area contributed by atoms with Gasteiger partial charge in [0.1, 0.15) is 17.1 Å². The molecule has 0 bridgehead atoms. The van der Waals surface area contributed by atoms with Crippen molar-refractivity contribution < 1.29 is 21.4 Å². The second-order valence-electron chi connectivity index (χ2n) is 8.73. The summed E-state index contributed by atoms with van der Waals surface area (Å²) in [5.41, 5.74) is 0.0395. The normalized spacial score (nSPS) is 20.4. The molecule has 3 aromatic rings. The monoisotopic (exact) mass is 522 g/mol. The van der Waals surface area contributed by atoms with Crippen molar-refractivity contribution in [1.82, 2.24) is 29.4 Å². The number of sulfonamides is 1. The number of fused-ring (bicyclic) bond motifs is 1. The molecule has 0 radical (unpaired) electrons. The number of nitrogens with one attached hydrogen (secondary N) is 2. The first-order valence-corrected chi connectivity index (χ1v) is 13.3. The molecule has 1 atom stereocenters. The molecule has 1 aliphatic heterocycles. The van der Waals surface area contributed by atoms with Gasteiger partial charge in [-0.25, -0.2) is 18.1 Å². The van der Waals surface area contributed by atoms with Gasteiger partial charge in [0.15, 0.2) is 5.52 Å². The van der Waals surface area contributed by atoms with Crippen LogP contribution in [-0.4, -0.2) is 65.8 Å². The summed E-state index contributed by atoms with van der Waals surface area (Å²) in [5, 5.41) is 4.28. The fraction of sp³-hybridized carbons (Fsp3) is 0.560. The molecule has 0 aliphatic carbocycles. The Morgan fingerprint density at radius 1 is 1.31 bits per heavy atom. The Balaban J connectivity index is 1.81. The Morgan fingerprint density at radius 3 is 2.81 bits per heavy atom. The molecule has 0 spiro atoms. The minimum absolute atomic E-state index is 0.0486. The number of ether oxygens (including phenoxy) is 1. The highest BCUT2D eigenvalue weighted by atomic mass is 32.2. The highest BCUT2D eigenvalue weighted by molar-refractivity contribution is 7.89. The molecule has 1 saturated heterocycles. The van der Waals surface area contributed by atoms with Gasteiger partial charge >= 0.3 is 0 Å². The van der Waals surface area contributed by atoms with E-state index in [1.165, 1.54) is 36.9 Å². The van der Waals surface area contributed by atoms with Gasteiger partial charge in [0.25, 0.3) is 5.56 Å². The van der Waals surface area contributed by atoms with Gasteiger partial charge < -0.3 is 14.6 Å². The largest absolute Gasteiger partial charge is 0.493 e. The second-order valence-corrected chi connectivity index (χ2v) is 10.4. The summed E-state index contributed by atoms with van der Waals surface area (Å²) in [4.78, 5) is 21.6. The molecule has 11 heteroatoms. The van der Waals surface area contributed by atoms with Crippen LogP contribution in [-0.2, 0) is 23.5 Å². The molecular weight excluding hydrogens is 480 g/mol. The predicted molar refractivity (Wildman–Crippen MR) is 140 cm³/mol. The van der Waals surface area contributed by atoms with E-state index in [1.807, 2.05) is 11.6 Å². The first-order chi connectivity index (χ1) is 19.4. The molecule has 1 fully saturated rings. The standard InChI is InChI=1S/C25H36N6O4S/c1-5-8-20-22-23(31(4)29-20)25(32)28-24(27-22)19-16-18(10-11-21(19)35-15-6-2)36(33,34)26-13-12-17-9-7-14-30(17)3/h10-11,16-17,26H,5-9,12-15H2,1-4H3,(H,27,28,32)/i5D2,12D2,13D2.